The summed E-state index contributed by atoms with van der Waals surface area (Å²) in [7, 11) is 0. The smallest absolute Gasteiger partial charge is 0.106 e. The van der Waals surface area contributed by atoms with Crippen LogP contribution in [0.1, 0.15) is 44.1 Å². The molecule has 1 aromatic rings. The van der Waals surface area contributed by atoms with Gasteiger partial charge in [0.1, 0.15) is 4.99 Å². The summed E-state index contributed by atoms with van der Waals surface area (Å²) in [4.78, 5) is 2.95. The van der Waals surface area contributed by atoms with Gasteiger partial charge in [-0.15, -0.1) is 0 Å². The molecule has 2 aliphatic rings. The SMILES string of the molecule is NC(=S)c1cc(Br)ccc1N1CCC2(CCCC2)CC1. The van der Waals surface area contributed by atoms with Crippen LogP contribution in [0.5, 0.6) is 0 Å². The lowest BCUT2D eigenvalue weighted by atomic mass is 9.77. The van der Waals surface area contributed by atoms with Crippen molar-refractivity contribution in [2.45, 2.75) is 38.5 Å². The lowest BCUT2D eigenvalue weighted by molar-refractivity contribution is 0.226. The van der Waals surface area contributed by atoms with Crippen LogP contribution in [0.3, 0.4) is 0 Å². The van der Waals surface area contributed by atoms with E-state index < -0.39 is 0 Å². The maximum atomic E-state index is 5.89. The summed E-state index contributed by atoms with van der Waals surface area (Å²) in [5.41, 5.74) is 8.74. The van der Waals surface area contributed by atoms with E-state index in [0.717, 1.165) is 23.1 Å². The molecule has 0 radical (unpaired) electrons. The Kier molecular flexibility index (Phi) is 4.04. The number of benzene rings is 1. The third kappa shape index (κ3) is 2.73. The van der Waals surface area contributed by atoms with Crippen LogP contribution >= 0.6 is 28.1 Å². The van der Waals surface area contributed by atoms with Gasteiger partial charge < -0.3 is 10.6 Å². The van der Waals surface area contributed by atoms with Gasteiger partial charge in [-0.25, -0.2) is 0 Å². The summed E-state index contributed by atoms with van der Waals surface area (Å²) in [6, 6.07) is 6.26. The van der Waals surface area contributed by atoms with Gasteiger partial charge in [0.15, 0.2) is 0 Å². The molecule has 0 aromatic heterocycles. The molecule has 1 aromatic carbocycles. The number of nitrogens with zero attached hydrogens (tertiary/aromatic N) is 1. The maximum Gasteiger partial charge on any atom is 0.106 e. The molecule has 2 fully saturated rings. The zero-order valence-corrected chi connectivity index (χ0v) is 14.1. The fourth-order valence-electron chi connectivity index (χ4n) is 3.83. The summed E-state index contributed by atoms with van der Waals surface area (Å²) in [5.74, 6) is 0. The van der Waals surface area contributed by atoms with Crippen molar-refractivity contribution in [2.24, 2.45) is 11.1 Å². The van der Waals surface area contributed by atoms with Crippen LogP contribution < -0.4 is 10.6 Å². The third-order valence-corrected chi connectivity index (χ3v) is 5.77. The van der Waals surface area contributed by atoms with Gasteiger partial charge in [0.25, 0.3) is 0 Å². The van der Waals surface area contributed by atoms with E-state index in [1.54, 1.807) is 0 Å². The molecule has 20 heavy (non-hydrogen) atoms. The zero-order valence-electron chi connectivity index (χ0n) is 11.7. The van der Waals surface area contributed by atoms with E-state index in [1.165, 1.54) is 44.2 Å². The molecule has 1 saturated heterocycles. The largest absolute Gasteiger partial charge is 0.389 e. The van der Waals surface area contributed by atoms with Crippen LogP contribution in [0.15, 0.2) is 22.7 Å². The Morgan fingerprint density at radius 1 is 1.15 bits per heavy atom. The predicted molar refractivity (Wildman–Crippen MR) is 92.4 cm³/mol. The van der Waals surface area contributed by atoms with Gasteiger partial charge in [0, 0.05) is 28.8 Å². The molecule has 0 bridgehead atoms. The first-order chi connectivity index (χ1) is 9.60. The van der Waals surface area contributed by atoms with Crippen molar-refractivity contribution in [3.63, 3.8) is 0 Å². The van der Waals surface area contributed by atoms with Crippen LogP contribution in [-0.2, 0) is 0 Å². The average molecular weight is 353 g/mol. The lowest BCUT2D eigenvalue weighted by Crippen LogP contribution is -2.39. The molecule has 0 atom stereocenters. The second-order valence-corrected chi connectivity index (χ2v) is 7.58. The van der Waals surface area contributed by atoms with E-state index in [4.69, 9.17) is 18.0 Å². The Bertz CT molecular complexity index is 513. The monoisotopic (exact) mass is 352 g/mol. The molecule has 4 heteroatoms. The van der Waals surface area contributed by atoms with Crippen molar-refractivity contribution in [2.75, 3.05) is 18.0 Å². The van der Waals surface area contributed by atoms with Crippen LogP contribution in [-0.4, -0.2) is 18.1 Å². The van der Waals surface area contributed by atoms with Gasteiger partial charge in [-0.2, -0.15) is 0 Å². The van der Waals surface area contributed by atoms with E-state index in [2.05, 4.69) is 33.0 Å². The number of anilines is 1. The molecular formula is C16H21BrN2S. The highest BCUT2D eigenvalue weighted by atomic mass is 79.9. The minimum absolute atomic E-state index is 0.488. The Morgan fingerprint density at radius 2 is 1.80 bits per heavy atom. The molecule has 0 unspecified atom stereocenters. The second kappa shape index (κ2) is 5.64. The first-order valence-corrected chi connectivity index (χ1v) is 8.64. The van der Waals surface area contributed by atoms with Gasteiger partial charge in [0.2, 0.25) is 0 Å². The Labute approximate surface area is 134 Å². The van der Waals surface area contributed by atoms with Gasteiger partial charge in [-0.1, -0.05) is 41.0 Å². The normalized spacial score (nSPS) is 21.4. The van der Waals surface area contributed by atoms with Crippen LogP contribution in [0, 0.1) is 5.41 Å². The van der Waals surface area contributed by atoms with Crippen molar-refractivity contribution in [1.29, 1.82) is 0 Å². The average Bonchev–Trinajstić information content (AvgIpc) is 2.88. The molecule has 108 valence electrons. The van der Waals surface area contributed by atoms with Gasteiger partial charge >= 0.3 is 0 Å². The lowest BCUT2D eigenvalue weighted by Gasteiger charge is -2.41. The van der Waals surface area contributed by atoms with E-state index in [0.29, 0.717) is 10.4 Å². The molecule has 1 aliphatic heterocycles. The Hall–Kier alpha value is -0.610. The minimum atomic E-state index is 0.488. The van der Waals surface area contributed by atoms with Crippen molar-refractivity contribution < 1.29 is 0 Å². The molecular weight excluding hydrogens is 332 g/mol. The number of rotatable bonds is 2. The van der Waals surface area contributed by atoms with Crippen LogP contribution in [0.2, 0.25) is 0 Å². The maximum absolute atomic E-state index is 5.89. The highest BCUT2D eigenvalue weighted by Crippen LogP contribution is 2.46. The quantitative estimate of drug-likeness (QED) is 0.807. The van der Waals surface area contributed by atoms with Gasteiger partial charge in [-0.3, -0.25) is 0 Å². The Balaban J connectivity index is 1.79. The number of piperidine rings is 1. The first kappa shape index (κ1) is 14.3. The molecule has 0 amide bonds. The summed E-state index contributed by atoms with van der Waals surface area (Å²) >= 11 is 8.71. The number of halogens is 1. The predicted octanol–water partition coefficient (Wildman–Crippen LogP) is 4.24. The van der Waals surface area contributed by atoms with E-state index in [-0.39, 0.29) is 0 Å². The van der Waals surface area contributed by atoms with Crippen molar-refractivity contribution in [1.82, 2.24) is 0 Å². The standard InChI is InChI=1S/C16H21BrN2S/c17-12-3-4-14(13(11-12)15(18)20)19-9-7-16(8-10-19)5-1-2-6-16/h3-4,11H,1-2,5-10H2,(H2,18,20). The topological polar surface area (TPSA) is 29.3 Å². The minimum Gasteiger partial charge on any atom is -0.389 e. The molecule has 1 heterocycles. The van der Waals surface area contributed by atoms with E-state index in [1.807, 2.05) is 6.07 Å². The molecule has 1 aliphatic carbocycles. The highest BCUT2D eigenvalue weighted by molar-refractivity contribution is 9.10. The van der Waals surface area contributed by atoms with Gasteiger partial charge in [-0.05, 0) is 49.3 Å². The molecule has 2 N–H and O–H groups in total. The molecule has 1 spiro atoms. The first-order valence-electron chi connectivity index (χ1n) is 7.44. The van der Waals surface area contributed by atoms with E-state index in [9.17, 15) is 0 Å². The molecule has 1 saturated carbocycles. The summed E-state index contributed by atoms with van der Waals surface area (Å²) in [6.45, 7) is 2.27. The highest BCUT2D eigenvalue weighted by Gasteiger charge is 2.37. The van der Waals surface area contributed by atoms with Crippen LogP contribution in [0.4, 0.5) is 5.69 Å². The number of thiocarbonyl (C=S) groups is 1. The molecule has 3 rings (SSSR count). The number of nitrogens with two attached hydrogens (primary N) is 1. The summed E-state index contributed by atoms with van der Waals surface area (Å²) < 4.78 is 1.04. The second-order valence-electron chi connectivity index (χ2n) is 6.22. The third-order valence-electron chi connectivity index (χ3n) is 5.05. The van der Waals surface area contributed by atoms with E-state index >= 15 is 0 Å². The number of hydrogen-bond donors (Lipinski definition) is 1. The fraction of sp³-hybridized carbons (Fsp3) is 0.562. The van der Waals surface area contributed by atoms with Gasteiger partial charge in [0.05, 0.1) is 0 Å². The Morgan fingerprint density at radius 3 is 2.40 bits per heavy atom. The number of hydrogen-bond acceptors (Lipinski definition) is 2. The summed E-state index contributed by atoms with van der Waals surface area (Å²) in [5, 5.41) is 0. The van der Waals surface area contributed by atoms with Crippen LogP contribution in [0.25, 0.3) is 0 Å². The fourth-order valence-corrected chi connectivity index (χ4v) is 4.35. The van der Waals surface area contributed by atoms with Crippen molar-refractivity contribution in [3.05, 3.63) is 28.2 Å². The van der Waals surface area contributed by atoms with Crippen molar-refractivity contribution >= 4 is 38.8 Å². The zero-order chi connectivity index (χ0) is 14.2. The summed E-state index contributed by atoms with van der Waals surface area (Å²) in [6.07, 6.45) is 8.36. The molecule has 2 nitrogen and oxygen atoms in total. The van der Waals surface area contributed by atoms with Crippen molar-refractivity contribution in [3.8, 4) is 0 Å².